The third-order valence-electron chi connectivity index (χ3n) is 3.55. The molecular weight excluding hydrogens is 256 g/mol. The van der Waals surface area contributed by atoms with Gasteiger partial charge in [0.25, 0.3) is 0 Å². The molecule has 1 fully saturated rings. The summed E-state index contributed by atoms with van der Waals surface area (Å²) in [5.41, 5.74) is 0.692. The zero-order valence-electron chi connectivity index (χ0n) is 11.8. The standard InChI is InChI=1S/C15H22N2O3/c1-17(12-3-2-4-13(18)11-12)15(19)7-10-20-14-5-8-16-9-6-14/h2-4,11,14,16,18H,5-10H2,1H3. The van der Waals surface area contributed by atoms with Crippen LogP contribution in [0.4, 0.5) is 5.69 Å². The second-order valence-electron chi connectivity index (χ2n) is 5.04. The van der Waals surface area contributed by atoms with Gasteiger partial charge in [0, 0.05) is 18.8 Å². The minimum Gasteiger partial charge on any atom is -0.508 e. The van der Waals surface area contributed by atoms with Gasteiger partial charge in [-0.25, -0.2) is 0 Å². The summed E-state index contributed by atoms with van der Waals surface area (Å²) in [4.78, 5) is 13.6. The number of phenolic OH excluding ortho intramolecular Hbond substituents is 1. The lowest BCUT2D eigenvalue weighted by atomic mass is 10.1. The van der Waals surface area contributed by atoms with E-state index in [1.165, 1.54) is 0 Å². The molecule has 1 aromatic rings. The Bertz CT molecular complexity index is 444. The number of rotatable bonds is 5. The van der Waals surface area contributed by atoms with Crippen LogP contribution in [-0.4, -0.2) is 43.9 Å². The minimum atomic E-state index is -0.00969. The first-order chi connectivity index (χ1) is 9.66. The molecule has 1 heterocycles. The van der Waals surface area contributed by atoms with Crippen LogP contribution in [0.1, 0.15) is 19.3 Å². The number of aromatic hydroxyl groups is 1. The average molecular weight is 278 g/mol. The zero-order valence-corrected chi connectivity index (χ0v) is 11.8. The van der Waals surface area contributed by atoms with Crippen molar-refractivity contribution in [1.29, 1.82) is 0 Å². The molecule has 0 saturated carbocycles. The Morgan fingerprint density at radius 1 is 1.45 bits per heavy atom. The van der Waals surface area contributed by atoms with Crippen LogP contribution in [0.25, 0.3) is 0 Å². The molecule has 20 heavy (non-hydrogen) atoms. The maximum absolute atomic E-state index is 12.0. The first-order valence-corrected chi connectivity index (χ1v) is 7.05. The fourth-order valence-electron chi connectivity index (χ4n) is 2.29. The highest BCUT2D eigenvalue weighted by molar-refractivity contribution is 5.92. The highest BCUT2D eigenvalue weighted by atomic mass is 16.5. The van der Waals surface area contributed by atoms with Crippen molar-refractivity contribution in [3.63, 3.8) is 0 Å². The third kappa shape index (κ3) is 4.21. The highest BCUT2D eigenvalue weighted by Crippen LogP contribution is 2.19. The van der Waals surface area contributed by atoms with E-state index in [1.807, 2.05) is 0 Å². The number of carbonyl (C=O) groups excluding carboxylic acids is 1. The van der Waals surface area contributed by atoms with Gasteiger partial charge in [-0.2, -0.15) is 0 Å². The van der Waals surface area contributed by atoms with Crippen LogP contribution in [0.15, 0.2) is 24.3 Å². The number of hydrogen-bond acceptors (Lipinski definition) is 4. The van der Waals surface area contributed by atoms with E-state index in [9.17, 15) is 9.90 Å². The van der Waals surface area contributed by atoms with Crippen LogP contribution < -0.4 is 10.2 Å². The number of nitrogens with zero attached hydrogens (tertiary/aromatic N) is 1. The van der Waals surface area contributed by atoms with E-state index >= 15 is 0 Å². The maximum Gasteiger partial charge on any atom is 0.229 e. The summed E-state index contributed by atoms with van der Waals surface area (Å²) < 4.78 is 5.73. The molecule has 1 saturated heterocycles. The fourth-order valence-corrected chi connectivity index (χ4v) is 2.29. The molecule has 110 valence electrons. The van der Waals surface area contributed by atoms with Gasteiger partial charge < -0.3 is 20.1 Å². The second-order valence-corrected chi connectivity index (χ2v) is 5.04. The number of benzene rings is 1. The van der Waals surface area contributed by atoms with Crippen LogP contribution in [0.5, 0.6) is 5.75 Å². The molecule has 0 bridgehead atoms. The molecule has 5 heteroatoms. The quantitative estimate of drug-likeness (QED) is 0.857. The van der Waals surface area contributed by atoms with Crippen LogP contribution in [0.3, 0.4) is 0 Å². The highest BCUT2D eigenvalue weighted by Gasteiger charge is 2.15. The zero-order chi connectivity index (χ0) is 14.4. The van der Waals surface area contributed by atoms with Crippen LogP contribution in [-0.2, 0) is 9.53 Å². The van der Waals surface area contributed by atoms with Gasteiger partial charge in [-0.05, 0) is 38.1 Å². The van der Waals surface area contributed by atoms with Crippen molar-refractivity contribution in [3.8, 4) is 5.75 Å². The largest absolute Gasteiger partial charge is 0.508 e. The Kier molecular flexibility index (Phi) is 5.38. The number of anilines is 1. The number of ether oxygens (including phenoxy) is 1. The molecule has 5 nitrogen and oxygen atoms in total. The summed E-state index contributed by atoms with van der Waals surface area (Å²) >= 11 is 0. The number of amides is 1. The van der Waals surface area contributed by atoms with Gasteiger partial charge in [0.05, 0.1) is 19.1 Å². The van der Waals surface area contributed by atoms with Gasteiger partial charge in [0.1, 0.15) is 5.75 Å². The van der Waals surface area contributed by atoms with E-state index in [0.29, 0.717) is 18.7 Å². The predicted octanol–water partition coefficient (Wildman–Crippen LogP) is 1.51. The summed E-state index contributed by atoms with van der Waals surface area (Å²) in [7, 11) is 1.71. The van der Waals surface area contributed by atoms with Crippen LogP contribution in [0, 0.1) is 0 Å². The van der Waals surface area contributed by atoms with E-state index in [1.54, 1.807) is 36.2 Å². The molecule has 2 N–H and O–H groups in total. The van der Waals surface area contributed by atoms with Crippen molar-refractivity contribution in [2.75, 3.05) is 31.6 Å². The van der Waals surface area contributed by atoms with Gasteiger partial charge >= 0.3 is 0 Å². The number of hydrogen-bond donors (Lipinski definition) is 2. The molecule has 1 aliphatic heterocycles. The lowest BCUT2D eigenvalue weighted by Gasteiger charge is -2.23. The lowest BCUT2D eigenvalue weighted by molar-refractivity contribution is -0.120. The third-order valence-corrected chi connectivity index (χ3v) is 3.55. The molecular formula is C15H22N2O3. The number of nitrogens with one attached hydrogen (secondary N) is 1. The van der Waals surface area contributed by atoms with Crippen molar-refractivity contribution in [1.82, 2.24) is 5.32 Å². The summed E-state index contributed by atoms with van der Waals surface area (Å²) in [5, 5.41) is 12.7. The lowest BCUT2D eigenvalue weighted by Crippen LogP contribution is -2.33. The number of piperidine rings is 1. The molecule has 0 unspecified atom stereocenters. The summed E-state index contributed by atoms with van der Waals surface area (Å²) in [6, 6.07) is 6.68. The van der Waals surface area contributed by atoms with Gasteiger partial charge in [-0.3, -0.25) is 4.79 Å². The molecule has 1 aliphatic rings. The molecule has 0 radical (unpaired) electrons. The fraction of sp³-hybridized carbons (Fsp3) is 0.533. The SMILES string of the molecule is CN(C(=O)CCOC1CCNCC1)c1cccc(O)c1. The second kappa shape index (κ2) is 7.26. The normalized spacial score (nSPS) is 16.1. The molecule has 1 aromatic carbocycles. The molecule has 0 aliphatic carbocycles. The van der Waals surface area contributed by atoms with E-state index < -0.39 is 0 Å². The monoisotopic (exact) mass is 278 g/mol. The Morgan fingerprint density at radius 2 is 2.20 bits per heavy atom. The van der Waals surface area contributed by atoms with Gasteiger partial charge in [-0.1, -0.05) is 6.07 Å². The van der Waals surface area contributed by atoms with E-state index in [-0.39, 0.29) is 17.8 Å². The van der Waals surface area contributed by atoms with Crippen molar-refractivity contribution >= 4 is 11.6 Å². The summed E-state index contributed by atoms with van der Waals surface area (Å²) in [6.45, 7) is 2.43. The first kappa shape index (κ1) is 14.8. The van der Waals surface area contributed by atoms with Gasteiger partial charge in [-0.15, -0.1) is 0 Å². The Morgan fingerprint density at radius 3 is 2.90 bits per heavy atom. The number of carbonyl (C=O) groups is 1. The molecule has 0 aromatic heterocycles. The van der Waals surface area contributed by atoms with E-state index in [0.717, 1.165) is 25.9 Å². The predicted molar refractivity (Wildman–Crippen MR) is 78.0 cm³/mol. The van der Waals surface area contributed by atoms with Crippen molar-refractivity contribution in [2.45, 2.75) is 25.4 Å². The maximum atomic E-state index is 12.0. The molecule has 0 spiro atoms. The summed E-state index contributed by atoms with van der Waals surface area (Å²) in [5.74, 6) is 0.151. The van der Waals surface area contributed by atoms with Crippen LogP contribution >= 0.6 is 0 Å². The Labute approximate surface area is 119 Å². The number of phenols is 1. The molecule has 1 amide bonds. The smallest absolute Gasteiger partial charge is 0.229 e. The van der Waals surface area contributed by atoms with Gasteiger partial charge in [0.15, 0.2) is 0 Å². The molecule has 0 atom stereocenters. The minimum absolute atomic E-state index is 0.00969. The van der Waals surface area contributed by atoms with E-state index in [4.69, 9.17) is 4.74 Å². The Balaban J connectivity index is 1.76. The van der Waals surface area contributed by atoms with Crippen LogP contribution in [0.2, 0.25) is 0 Å². The van der Waals surface area contributed by atoms with Gasteiger partial charge in [0.2, 0.25) is 5.91 Å². The van der Waals surface area contributed by atoms with Crippen molar-refractivity contribution in [3.05, 3.63) is 24.3 Å². The van der Waals surface area contributed by atoms with Crippen molar-refractivity contribution in [2.24, 2.45) is 0 Å². The van der Waals surface area contributed by atoms with E-state index in [2.05, 4.69) is 5.32 Å². The van der Waals surface area contributed by atoms with Crippen molar-refractivity contribution < 1.29 is 14.6 Å². The topological polar surface area (TPSA) is 61.8 Å². The first-order valence-electron chi connectivity index (χ1n) is 7.05. The Hall–Kier alpha value is -1.59. The average Bonchev–Trinajstić information content (AvgIpc) is 2.47. The molecule has 2 rings (SSSR count). The summed E-state index contributed by atoms with van der Waals surface area (Å²) in [6.07, 6.45) is 2.65.